The number of hydrogen-bond donors (Lipinski definition) is 3. The molecule has 1 aromatic rings. The smallest absolute Gasteiger partial charge is 0.251 e. The van der Waals surface area contributed by atoms with Gasteiger partial charge in [-0.3, -0.25) is 4.79 Å². The summed E-state index contributed by atoms with van der Waals surface area (Å²) in [6.07, 6.45) is 0. The molecule has 1 unspecified atom stereocenters. The molecule has 82 valence electrons. The van der Waals surface area contributed by atoms with Gasteiger partial charge in [0.25, 0.3) is 5.91 Å². The highest BCUT2D eigenvalue weighted by Crippen LogP contribution is 2.11. The number of anilines is 1. The zero-order chi connectivity index (χ0) is 11.4. The van der Waals surface area contributed by atoms with Crippen molar-refractivity contribution in [2.45, 2.75) is 19.9 Å². The number of carbonyl (C=O) groups is 1. The number of benzene rings is 1. The summed E-state index contributed by atoms with van der Waals surface area (Å²) in [7, 11) is 0. The minimum atomic E-state index is -0.251. The number of amides is 1. The van der Waals surface area contributed by atoms with E-state index in [0.29, 0.717) is 11.3 Å². The lowest BCUT2D eigenvalue weighted by molar-refractivity contribution is 0.0922. The summed E-state index contributed by atoms with van der Waals surface area (Å²) in [6, 6.07) is 4.92. The van der Waals surface area contributed by atoms with Crippen LogP contribution in [0.3, 0.4) is 0 Å². The van der Waals surface area contributed by atoms with Crippen LogP contribution < -0.4 is 11.1 Å². The first-order chi connectivity index (χ1) is 7.02. The van der Waals surface area contributed by atoms with Crippen molar-refractivity contribution in [1.29, 1.82) is 0 Å². The molecule has 15 heavy (non-hydrogen) atoms. The minimum Gasteiger partial charge on any atom is -0.399 e. The van der Waals surface area contributed by atoms with Gasteiger partial charge >= 0.3 is 0 Å². The monoisotopic (exact) mass is 208 g/mol. The molecule has 0 radical (unpaired) electrons. The van der Waals surface area contributed by atoms with Crippen molar-refractivity contribution in [3.8, 4) is 0 Å². The van der Waals surface area contributed by atoms with Gasteiger partial charge in [0.15, 0.2) is 0 Å². The molecular formula is C11H16N2O2. The molecule has 0 spiro atoms. The van der Waals surface area contributed by atoms with Crippen LogP contribution in [0.15, 0.2) is 18.2 Å². The van der Waals surface area contributed by atoms with Crippen LogP contribution in [0.4, 0.5) is 5.69 Å². The molecule has 0 aliphatic rings. The quantitative estimate of drug-likeness (QED) is 0.640. The first-order valence-electron chi connectivity index (χ1n) is 4.82. The lowest BCUT2D eigenvalue weighted by Crippen LogP contribution is -2.35. The van der Waals surface area contributed by atoms with Crippen LogP contribution in [-0.2, 0) is 0 Å². The van der Waals surface area contributed by atoms with Crippen molar-refractivity contribution >= 4 is 11.6 Å². The van der Waals surface area contributed by atoms with Gasteiger partial charge in [0.05, 0.1) is 6.61 Å². The summed E-state index contributed by atoms with van der Waals surface area (Å²) >= 11 is 0. The number of aliphatic hydroxyl groups is 1. The van der Waals surface area contributed by atoms with Crippen LogP contribution in [0.1, 0.15) is 22.8 Å². The fraction of sp³-hybridized carbons (Fsp3) is 0.364. The van der Waals surface area contributed by atoms with E-state index in [4.69, 9.17) is 10.8 Å². The first kappa shape index (κ1) is 11.5. The molecule has 0 aliphatic carbocycles. The Kier molecular flexibility index (Phi) is 3.68. The number of rotatable bonds is 3. The van der Waals surface area contributed by atoms with E-state index in [1.54, 1.807) is 25.1 Å². The number of nitrogens with one attached hydrogen (secondary N) is 1. The highest BCUT2D eigenvalue weighted by atomic mass is 16.3. The number of nitrogen functional groups attached to an aromatic ring is 1. The molecule has 1 amide bonds. The maximum Gasteiger partial charge on any atom is 0.251 e. The molecule has 1 rings (SSSR count). The Hall–Kier alpha value is -1.55. The van der Waals surface area contributed by atoms with E-state index >= 15 is 0 Å². The predicted molar refractivity (Wildman–Crippen MR) is 59.6 cm³/mol. The van der Waals surface area contributed by atoms with Gasteiger partial charge in [0.1, 0.15) is 0 Å². The molecule has 4 N–H and O–H groups in total. The van der Waals surface area contributed by atoms with Crippen LogP contribution >= 0.6 is 0 Å². The Morgan fingerprint density at radius 2 is 2.20 bits per heavy atom. The normalized spacial score (nSPS) is 12.2. The summed E-state index contributed by atoms with van der Waals surface area (Å²) in [4.78, 5) is 11.6. The highest BCUT2D eigenvalue weighted by Gasteiger charge is 2.09. The second kappa shape index (κ2) is 4.79. The average Bonchev–Trinajstić information content (AvgIpc) is 2.16. The van der Waals surface area contributed by atoms with Crippen LogP contribution in [0.2, 0.25) is 0 Å². The first-order valence-corrected chi connectivity index (χ1v) is 4.82. The Labute approximate surface area is 89.1 Å². The molecule has 0 aromatic heterocycles. The topological polar surface area (TPSA) is 75.4 Å². The maximum atomic E-state index is 11.6. The van der Waals surface area contributed by atoms with Gasteiger partial charge in [-0.1, -0.05) is 0 Å². The third kappa shape index (κ3) is 3.25. The van der Waals surface area contributed by atoms with Crippen LogP contribution in [-0.4, -0.2) is 23.7 Å². The van der Waals surface area contributed by atoms with E-state index in [0.717, 1.165) is 5.56 Å². The molecule has 0 aliphatic heterocycles. The van der Waals surface area contributed by atoms with Crippen LogP contribution in [0.5, 0.6) is 0 Å². The third-order valence-electron chi connectivity index (χ3n) is 2.01. The largest absolute Gasteiger partial charge is 0.399 e. The van der Waals surface area contributed by atoms with Gasteiger partial charge in [-0.15, -0.1) is 0 Å². The van der Waals surface area contributed by atoms with Crippen LogP contribution in [0.25, 0.3) is 0 Å². The van der Waals surface area contributed by atoms with E-state index < -0.39 is 0 Å². The van der Waals surface area contributed by atoms with Crippen molar-refractivity contribution in [2.75, 3.05) is 12.3 Å². The minimum absolute atomic E-state index is 0.0764. The fourth-order valence-electron chi connectivity index (χ4n) is 1.30. The van der Waals surface area contributed by atoms with E-state index in [1.807, 2.05) is 6.92 Å². The molecule has 0 saturated carbocycles. The second-order valence-electron chi connectivity index (χ2n) is 3.69. The summed E-state index contributed by atoms with van der Waals surface area (Å²) in [5, 5.41) is 11.5. The van der Waals surface area contributed by atoms with E-state index in [9.17, 15) is 4.79 Å². The van der Waals surface area contributed by atoms with Crippen molar-refractivity contribution in [1.82, 2.24) is 5.32 Å². The summed E-state index contributed by atoms with van der Waals surface area (Å²) in [5.41, 5.74) is 7.66. The Balaban J connectivity index is 2.82. The number of aryl methyl sites for hydroxylation is 1. The van der Waals surface area contributed by atoms with Crippen molar-refractivity contribution in [3.05, 3.63) is 29.3 Å². The zero-order valence-corrected chi connectivity index (χ0v) is 8.95. The molecule has 0 fully saturated rings. The Morgan fingerprint density at radius 3 is 2.73 bits per heavy atom. The summed E-state index contributed by atoms with van der Waals surface area (Å²) in [5.74, 6) is -0.216. The van der Waals surface area contributed by atoms with E-state index in [-0.39, 0.29) is 18.6 Å². The third-order valence-corrected chi connectivity index (χ3v) is 2.01. The molecule has 0 saturated heterocycles. The maximum absolute atomic E-state index is 11.6. The lowest BCUT2D eigenvalue weighted by atomic mass is 10.1. The predicted octanol–water partition coefficient (Wildman–Crippen LogP) is 0.688. The fourth-order valence-corrected chi connectivity index (χ4v) is 1.30. The molecule has 0 heterocycles. The number of nitrogens with two attached hydrogens (primary N) is 1. The van der Waals surface area contributed by atoms with E-state index in [1.165, 1.54) is 0 Å². The van der Waals surface area contributed by atoms with Crippen molar-refractivity contribution in [3.63, 3.8) is 0 Å². The van der Waals surface area contributed by atoms with Gasteiger partial charge in [-0.05, 0) is 37.6 Å². The van der Waals surface area contributed by atoms with Gasteiger partial charge < -0.3 is 16.2 Å². The number of carbonyl (C=O) groups excluding carboxylic acids is 1. The highest BCUT2D eigenvalue weighted by molar-refractivity contribution is 5.95. The summed E-state index contributed by atoms with van der Waals surface area (Å²) < 4.78 is 0. The van der Waals surface area contributed by atoms with Gasteiger partial charge in [0.2, 0.25) is 0 Å². The van der Waals surface area contributed by atoms with Gasteiger partial charge in [0, 0.05) is 17.3 Å². The molecule has 0 bridgehead atoms. The molecule has 4 nitrogen and oxygen atoms in total. The Morgan fingerprint density at radius 1 is 1.53 bits per heavy atom. The van der Waals surface area contributed by atoms with Gasteiger partial charge in [-0.25, -0.2) is 0 Å². The molecule has 1 atom stereocenters. The van der Waals surface area contributed by atoms with Crippen LogP contribution in [0, 0.1) is 6.92 Å². The average molecular weight is 208 g/mol. The van der Waals surface area contributed by atoms with E-state index in [2.05, 4.69) is 5.32 Å². The molecule has 1 aromatic carbocycles. The van der Waals surface area contributed by atoms with Crippen molar-refractivity contribution in [2.24, 2.45) is 0 Å². The number of hydrogen-bond acceptors (Lipinski definition) is 3. The van der Waals surface area contributed by atoms with Crippen molar-refractivity contribution < 1.29 is 9.90 Å². The Bertz CT molecular complexity index is 343. The molecular weight excluding hydrogens is 192 g/mol. The zero-order valence-electron chi connectivity index (χ0n) is 8.95. The number of aliphatic hydroxyl groups excluding tert-OH is 1. The lowest BCUT2D eigenvalue weighted by Gasteiger charge is -2.11. The summed E-state index contributed by atoms with van der Waals surface area (Å²) in [6.45, 7) is 3.53. The standard InChI is InChI=1S/C11H16N2O2/c1-7-3-9(5-10(12)4-7)11(15)13-8(2)6-14/h3-5,8,14H,6,12H2,1-2H3,(H,13,15). The molecule has 4 heteroatoms. The second-order valence-corrected chi connectivity index (χ2v) is 3.69. The van der Waals surface area contributed by atoms with Gasteiger partial charge in [-0.2, -0.15) is 0 Å². The SMILES string of the molecule is Cc1cc(N)cc(C(=O)NC(C)CO)c1.